The van der Waals surface area contributed by atoms with Gasteiger partial charge in [0.15, 0.2) is 5.03 Å². The lowest BCUT2D eigenvalue weighted by Crippen LogP contribution is -2.92. The number of aliphatic carboxylic acids is 1. The highest BCUT2D eigenvalue weighted by Gasteiger charge is 2.99. The van der Waals surface area contributed by atoms with Crippen molar-refractivity contribution in [2.24, 2.45) is 11.8 Å². The first kappa shape index (κ1) is 19.0. The number of hydrogen-bond acceptors (Lipinski definition) is 11. The molecule has 2 heterocycles. The van der Waals surface area contributed by atoms with E-state index in [1.807, 2.05) is 0 Å². The molecule has 0 aromatic heterocycles. The van der Waals surface area contributed by atoms with Gasteiger partial charge in [-0.05, 0) is 6.42 Å². The summed E-state index contributed by atoms with van der Waals surface area (Å²) in [6.07, 6.45) is -3.17. The van der Waals surface area contributed by atoms with Gasteiger partial charge in [0.25, 0.3) is 0 Å². The largest absolute Gasteiger partial charge is 0.499 e. The summed E-state index contributed by atoms with van der Waals surface area (Å²) in [6, 6.07) is -2.32. The minimum absolute atomic E-state index is 0.501. The van der Waals surface area contributed by atoms with Crippen LogP contribution in [0.3, 0.4) is 0 Å². The fraction of sp³-hybridized carbons (Fsp3) is 0.900. The first-order chi connectivity index (χ1) is 12.8. The third kappa shape index (κ3) is 1.56. The zero-order valence-electron chi connectivity index (χ0n) is 13.5. The van der Waals surface area contributed by atoms with Crippen LogP contribution in [0.5, 0.6) is 0 Å². The van der Waals surface area contributed by atoms with E-state index in [4.69, 9.17) is 0 Å². The predicted molar refractivity (Wildman–Crippen MR) is 77.3 cm³/mol. The van der Waals surface area contributed by atoms with E-state index in [9.17, 15) is 60.5 Å². The van der Waals surface area contributed by atoms with E-state index in [0.717, 1.165) is 0 Å². The molecule has 0 radical (unpaired) electrons. The normalized spacial score (nSPS) is 33.9. The van der Waals surface area contributed by atoms with Crippen LogP contribution in [0.4, 0.5) is 0 Å². The van der Waals surface area contributed by atoms with Crippen molar-refractivity contribution in [2.75, 3.05) is 0 Å². The molecule has 0 amide bonds. The number of piperidine rings is 2. The highest BCUT2D eigenvalue weighted by Crippen LogP contribution is 2.64. The van der Waals surface area contributed by atoms with Crippen molar-refractivity contribution in [3.63, 3.8) is 0 Å². The highest BCUT2D eigenvalue weighted by atomic mass is 16.7. The van der Waals surface area contributed by atoms with Crippen LogP contribution >= 0.6 is 0 Å². The lowest BCUT2D eigenvalue weighted by Gasteiger charge is -2.57. The minimum atomic E-state index is -3.60. The van der Waals surface area contributed by atoms with Gasteiger partial charge in [0.05, 0.1) is 0 Å². The molecule has 18 nitrogen and oxygen atoms in total. The Balaban J connectivity index is 2.43. The predicted octanol–water partition coefficient (Wildman–Crippen LogP) is -1.38. The summed E-state index contributed by atoms with van der Waals surface area (Å²) in [7, 11) is 0. The van der Waals surface area contributed by atoms with Gasteiger partial charge in [-0.3, -0.25) is 40.5 Å². The van der Waals surface area contributed by atoms with Gasteiger partial charge in [0.2, 0.25) is 6.04 Å². The standard InChI is InChI=1S/C10H10N6O12/c17-7(18)8-3-5-1-4(10(8,14(23)24)15(25)26)2-6(11(8)16(27)28)9(5,12(19)20)13(21)22/h4-6H,1-3H2,(H,17,18). The molecule has 0 aromatic carbocycles. The quantitative estimate of drug-likeness (QED) is 0.303. The van der Waals surface area contributed by atoms with Crippen molar-refractivity contribution in [1.29, 1.82) is 0 Å². The number of carboxylic acid groups (broad SMARTS) is 1. The van der Waals surface area contributed by atoms with E-state index < -0.39 is 89.7 Å². The number of nitro groups is 5. The van der Waals surface area contributed by atoms with Gasteiger partial charge in [-0.2, -0.15) is 0 Å². The monoisotopic (exact) mass is 406 g/mol. The Hall–Kier alpha value is -3.73. The maximum absolute atomic E-state index is 12.0. The zero-order chi connectivity index (χ0) is 21.4. The van der Waals surface area contributed by atoms with Crippen LogP contribution in [-0.2, 0) is 4.79 Å². The second kappa shape index (κ2) is 5.16. The number of carbonyl (C=O) groups is 1. The van der Waals surface area contributed by atoms with Crippen LogP contribution in [0, 0.1) is 62.4 Å². The zero-order valence-corrected chi connectivity index (χ0v) is 13.5. The molecule has 28 heavy (non-hydrogen) atoms. The number of hydrazine groups is 1. The summed E-state index contributed by atoms with van der Waals surface area (Å²) < 4.78 is 0. The Morgan fingerprint density at radius 2 is 1.36 bits per heavy atom. The maximum atomic E-state index is 12.0. The van der Waals surface area contributed by atoms with E-state index in [1.165, 1.54) is 0 Å². The fourth-order valence-electron chi connectivity index (χ4n) is 5.41. The van der Waals surface area contributed by atoms with Gasteiger partial charge in [-0.25, -0.2) is 14.9 Å². The fourth-order valence-corrected chi connectivity index (χ4v) is 5.41. The smallest absolute Gasteiger partial charge is 0.479 e. The first-order valence-corrected chi connectivity index (χ1v) is 7.59. The molecule has 4 atom stereocenters. The van der Waals surface area contributed by atoms with Gasteiger partial charge < -0.3 is 5.11 Å². The second-order valence-electron chi connectivity index (χ2n) is 6.87. The lowest BCUT2D eigenvalue weighted by atomic mass is 9.49. The molecular formula is C10H10N6O12. The van der Waals surface area contributed by atoms with E-state index >= 15 is 0 Å². The molecule has 4 rings (SSSR count). The van der Waals surface area contributed by atoms with Crippen molar-refractivity contribution < 1.29 is 34.6 Å². The Kier molecular flexibility index (Phi) is 3.51. The van der Waals surface area contributed by atoms with E-state index in [1.54, 1.807) is 0 Å². The number of carboxylic acids is 1. The Labute approximate surface area is 151 Å². The molecule has 2 aliphatic heterocycles. The molecule has 4 aliphatic rings. The van der Waals surface area contributed by atoms with Crippen LogP contribution in [0.1, 0.15) is 19.3 Å². The van der Waals surface area contributed by atoms with Crippen molar-refractivity contribution in [3.05, 3.63) is 50.6 Å². The van der Waals surface area contributed by atoms with Crippen LogP contribution in [-0.4, -0.2) is 63.7 Å². The molecule has 4 unspecified atom stereocenters. The van der Waals surface area contributed by atoms with Crippen LogP contribution < -0.4 is 0 Å². The Morgan fingerprint density at radius 3 is 1.71 bits per heavy atom. The molecule has 2 saturated heterocycles. The SMILES string of the molecule is O=C(O)C12CC3CC(CC(N1[N+](=O)[O-])C3([N+](=O)[O-])[N+](=O)[O-])C2([N+](=O)[O-])[N+](=O)[O-]. The number of rotatable bonds is 6. The van der Waals surface area contributed by atoms with Gasteiger partial charge in [0.1, 0.15) is 31.5 Å². The minimum Gasteiger partial charge on any atom is -0.479 e. The van der Waals surface area contributed by atoms with Crippen LogP contribution in [0.25, 0.3) is 0 Å². The van der Waals surface area contributed by atoms with Crippen LogP contribution in [0.15, 0.2) is 0 Å². The maximum Gasteiger partial charge on any atom is 0.499 e. The second-order valence-corrected chi connectivity index (χ2v) is 6.87. The average Bonchev–Trinajstić information content (AvgIpc) is 2.52. The summed E-state index contributed by atoms with van der Waals surface area (Å²) in [6.45, 7) is 0. The van der Waals surface area contributed by atoms with Crippen LogP contribution in [0.2, 0.25) is 0 Å². The molecule has 4 fully saturated rings. The Morgan fingerprint density at radius 1 is 0.857 bits per heavy atom. The molecular weight excluding hydrogens is 396 g/mol. The summed E-state index contributed by atoms with van der Waals surface area (Å²) in [4.78, 5) is 64.6. The average molecular weight is 406 g/mol. The van der Waals surface area contributed by atoms with Crippen molar-refractivity contribution >= 4 is 5.97 Å². The molecule has 2 saturated carbocycles. The Bertz CT molecular complexity index is 830. The third-order valence-electron chi connectivity index (χ3n) is 6.25. The summed E-state index contributed by atoms with van der Waals surface area (Å²) >= 11 is 0. The van der Waals surface area contributed by atoms with E-state index in [0.29, 0.717) is 0 Å². The summed E-state index contributed by atoms with van der Waals surface area (Å²) in [5.74, 6) is -5.90. The van der Waals surface area contributed by atoms with Crippen molar-refractivity contribution in [1.82, 2.24) is 5.01 Å². The molecule has 2 aliphatic carbocycles. The molecule has 18 heteroatoms. The molecule has 4 bridgehead atoms. The summed E-state index contributed by atoms with van der Waals surface area (Å²) in [5, 5.41) is 66.0. The third-order valence-corrected chi connectivity index (χ3v) is 6.25. The lowest BCUT2D eigenvalue weighted by molar-refractivity contribution is -0.886. The van der Waals surface area contributed by atoms with E-state index in [-0.39, 0.29) is 0 Å². The number of hydrogen-bond donors (Lipinski definition) is 1. The highest BCUT2D eigenvalue weighted by molar-refractivity contribution is 5.81. The number of nitrogens with zero attached hydrogens (tertiary/aromatic N) is 6. The molecule has 0 spiro atoms. The molecule has 152 valence electrons. The van der Waals surface area contributed by atoms with Gasteiger partial charge in [-0.15, -0.1) is 0 Å². The first-order valence-electron chi connectivity index (χ1n) is 7.59. The van der Waals surface area contributed by atoms with Crippen molar-refractivity contribution in [2.45, 2.75) is 42.2 Å². The van der Waals surface area contributed by atoms with Gasteiger partial charge in [0, 0.05) is 12.8 Å². The topological polar surface area (TPSA) is 256 Å². The van der Waals surface area contributed by atoms with E-state index in [2.05, 4.69) is 0 Å². The summed E-state index contributed by atoms with van der Waals surface area (Å²) in [5.41, 5.74) is -10.3. The van der Waals surface area contributed by atoms with Crippen molar-refractivity contribution in [3.8, 4) is 0 Å². The van der Waals surface area contributed by atoms with Gasteiger partial charge in [-0.1, -0.05) is 5.01 Å². The van der Waals surface area contributed by atoms with Gasteiger partial charge >= 0.3 is 22.8 Å². The molecule has 0 aromatic rings. The molecule has 1 N–H and O–H groups in total.